The first kappa shape index (κ1) is 16.4. The van der Waals surface area contributed by atoms with E-state index in [9.17, 15) is 0 Å². The average molecular weight is 242 g/mol. The van der Waals surface area contributed by atoms with Gasteiger partial charge in [0.25, 0.3) is 0 Å². The molecule has 0 unspecified atom stereocenters. The van der Waals surface area contributed by atoms with E-state index in [1.165, 1.54) is 22.3 Å². The fourth-order valence-corrected chi connectivity index (χ4v) is 2.67. The standard InChI is InChI=1S/C15H14.3CH4/c1-15(2)13-9-5-3-7-11(13)12-8-4-6-10-14(12)15;;;/h3-10H,1-2H3;3*1H4. The van der Waals surface area contributed by atoms with Crippen molar-refractivity contribution in [3.63, 3.8) is 0 Å². The van der Waals surface area contributed by atoms with Crippen LogP contribution in [0, 0.1) is 0 Å². The Bertz CT molecular complexity index is 474. The molecule has 0 radical (unpaired) electrons. The molecule has 98 valence electrons. The van der Waals surface area contributed by atoms with Crippen molar-refractivity contribution >= 4 is 0 Å². The molecule has 0 aromatic heterocycles. The van der Waals surface area contributed by atoms with Gasteiger partial charge < -0.3 is 0 Å². The molecule has 2 aromatic carbocycles. The first-order chi connectivity index (χ1) is 7.21. The first-order valence-electron chi connectivity index (χ1n) is 5.40. The number of hydrogen-bond acceptors (Lipinski definition) is 0. The van der Waals surface area contributed by atoms with Crippen LogP contribution in [-0.2, 0) is 5.41 Å². The molecule has 0 amide bonds. The molecule has 2 aromatic rings. The van der Waals surface area contributed by atoms with Gasteiger partial charge in [0.15, 0.2) is 0 Å². The lowest BCUT2D eigenvalue weighted by molar-refractivity contribution is 0.660. The van der Waals surface area contributed by atoms with Crippen LogP contribution in [0.15, 0.2) is 48.5 Å². The molecular formula is C18H26. The van der Waals surface area contributed by atoms with Crippen molar-refractivity contribution in [3.05, 3.63) is 59.7 Å². The van der Waals surface area contributed by atoms with Crippen molar-refractivity contribution in [2.24, 2.45) is 0 Å². The summed E-state index contributed by atoms with van der Waals surface area (Å²) in [6.07, 6.45) is 0. The van der Waals surface area contributed by atoms with Gasteiger partial charge in [-0.15, -0.1) is 0 Å². The summed E-state index contributed by atoms with van der Waals surface area (Å²) in [6.45, 7) is 4.61. The Morgan fingerprint density at radius 2 is 0.944 bits per heavy atom. The largest absolute Gasteiger partial charge is 0.0776 e. The molecular weight excluding hydrogens is 216 g/mol. The van der Waals surface area contributed by atoms with Crippen molar-refractivity contribution in [3.8, 4) is 11.1 Å². The summed E-state index contributed by atoms with van der Waals surface area (Å²) >= 11 is 0. The van der Waals surface area contributed by atoms with E-state index < -0.39 is 0 Å². The van der Waals surface area contributed by atoms with Crippen molar-refractivity contribution in [1.29, 1.82) is 0 Å². The molecule has 0 N–H and O–H groups in total. The highest BCUT2D eigenvalue weighted by molar-refractivity contribution is 5.80. The molecule has 1 aliphatic rings. The molecule has 0 heterocycles. The maximum absolute atomic E-state index is 2.30. The minimum absolute atomic E-state index is 0. The first-order valence-corrected chi connectivity index (χ1v) is 5.40. The Morgan fingerprint density at radius 3 is 1.33 bits per heavy atom. The molecule has 0 bridgehead atoms. The highest BCUT2D eigenvalue weighted by Crippen LogP contribution is 2.47. The molecule has 0 fully saturated rings. The van der Waals surface area contributed by atoms with Gasteiger partial charge >= 0.3 is 0 Å². The predicted molar refractivity (Wildman–Crippen MR) is 84.2 cm³/mol. The third-order valence-corrected chi connectivity index (χ3v) is 3.49. The molecule has 0 saturated heterocycles. The van der Waals surface area contributed by atoms with Crippen LogP contribution < -0.4 is 0 Å². The van der Waals surface area contributed by atoms with E-state index in [2.05, 4.69) is 62.4 Å². The Kier molecular flexibility index (Phi) is 4.92. The second-order valence-corrected chi connectivity index (χ2v) is 4.72. The van der Waals surface area contributed by atoms with Gasteiger partial charge in [0.1, 0.15) is 0 Å². The fourth-order valence-electron chi connectivity index (χ4n) is 2.67. The second kappa shape index (κ2) is 5.39. The van der Waals surface area contributed by atoms with Gasteiger partial charge in [0.2, 0.25) is 0 Å². The van der Waals surface area contributed by atoms with Gasteiger partial charge in [-0.2, -0.15) is 0 Å². The van der Waals surface area contributed by atoms with Crippen LogP contribution in [0.25, 0.3) is 11.1 Å². The quantitative estimate of drug-likeness (QED) is 0.539. The van der Waals surface area contributed by atoms with Gasteiger partial charge in [0.05, 0.1) is 0 Å². The molecule has 0 heteroatoms. The van der Waals surface area contributed by atoms with Gasteiger partial charge in [-0.25, -0.2) is 0 Å². The normalized spacial score (nSPS) is 13.2. The minimum Gasteiger partial charge on any atom is -0.0776 e. The Hall–Kier alpha value is -1.56. The Balaban J connectivity index is 0.000000963. The number of rotatable bonds is 0. The molecule has 1 aliphatic carbocycles. The van der Waals surface area contributed by atoms with Crippen molar-refractivity contribution in [2.75, 3.05) is 0 Å². The van der Waals surface area contributed by atoms with E-state index in [0.717, 1.165) is 0 Å². The molecule has 0 saturated carbocycles. The van der Waals surface area contributed by atoms with Crippen molar-refractivity contribution in [2.45, 2.75) is 41.5 Å². The third kappa shape index (κ3) is 1.96. The highest BCUT2D eigenvalue weighted by Gasteiger charge is 2.34. The van der Waals surface area contributed by atoms with E-state index in [0.29, 0.717) is 0 Å². The van der Waals surface area contributed by atoms with E-state index in [1.807, 2.05) is 0 Å². The zero-order chi connectivity index (χ0) is 10.5. The number of hydrogen-bond donors (Lipinski definition) is 0. The summed E-state index contributed by atoms with van der Waals surface area (Å²) in [4.78, 5) is 0. The van der Waals surface area contributed by atoms with Crippen LogP contribution in [0.4, 0.5) is 0 Å². The predicted octanol–water partition coefficient (Wildman–Crippen LogP) is 5.90. The lowest BCUT2D eigenvalue weighted by atomic mass is 9.82. The Morgan fingerprint density at radius 1 is 0.611 bits per heavy atom. The van der Waals surface area contributed by atoms with Crippen LogP contribution in [0.1, 0.15) is 47.3 Å². The van der Waals surface area contributed by atoms with E-state index in [1.54, 1.807) is 0 Å². The zero-order valence-corrected chi connectivity index (χ0v) is 9.12. The molecule has 0 atom stereocenters. The highest BCUT2D eigenvalue weighted by atomic mass is 14.4. The summed E-state index contributed by atoms with van der Waals surface area (Å²) < 4.78 is 0. The molecule has 0 spiro atoms. The van der Waals surface area contributed by atoms with Crippen molar-refractivity contribution < 1.29 is 0 Å². The second-order valence-electron chi connectivity index (χ2n) is 4.72. The third-order valence-electron chi connectivity index (χ3n) is 3.49. The summed E-state index contributed by atoms with van der Waals surface area (Å²) in [7, 11) is 0. The summed E-state index contributed by atoms with van der Waals surface area (Å²) in [5.41, 5.74) is 5.86. The van der Waals surface area contributed by atoms with E-state index in [-0.39, 0.29) is 27.7 Å². The fraction of sp³-hybridized carbons (Fsp3) is 0.333. The van der Waals surface area contributed by atoms with Gasteiger partial charge in [-0.3, -0.25) is 0 Å². The summed E-state index contributed by atoms with van der Waals surface area (Å²) in [6, 6.07) is 17.4. The number of fused-ring (bicyclic) bond motifs is 3. The van der Waals surface area contributed by atoms with Gasteiger partial charge in [0, 0.05) is 5.41 Å². The van der Waals surface area contributed by atoms with Crippen LogP contribution in [0.5, 0.6) is 0 Å². The SMILES string of the molecule is C.C.C.CC1(C)c2ccccc2-c2ccccc21. The lowest BCUT2D eigenvalue weighted by Crippen LogP contribution is -2.14. The molecule has 3 rings (SSSR count). The summed E-state index contributed by atoms with van der Waals surface area (Å²) in [5, 5.41) is 0. The van der Waals surface area contributed by atoms with Gasteiger partial charge in [-0.05, 0) is 22.3 Å². The Labute approximate surface area is 113 Å². The van der Waals surface area contributed by atoms with E-state index >= 15 is 0 Å². The van der Waals surface area contributed by atoms with Crippen LogP contribution in [-0.4, -0.2) is 0 Å². The minimum atomic E-state index is 0. The number of benzene rings is 2. The van der Waals surface area contributed by atoms with Crippen LogP contribution in [0.3, 0.4) is 0 Å². The smallest absolute Gasteiger partial charge is 0.0158 e. The van der Waals surface area contributed by atoms with Crippen LogP contribution in [0.2, 0.25) is 0 Å². The molecule has 0 nitrogen and oxygen atoms in total. The monoisotopic (exact) mass is 242 g/mol. The molecule has 18 heavy (non-hydrogen) atoms. The topological polar surface area (TPSA) is 0 Å². The zero-order valence-electron chi connectivity index (χ0n) is 9.12. The lowest BCUT2D eigenvalue weighted by Gasteiger charge is -2.20. The molecule has 0 aliphatic heterocycles. The van der Waals surface area contributed by atoms with Gasteiger partial charge in [-0.1, -0.05) is 84.7 Å². The van der Waals surface area contributed by atoms with E-state index in [4.69, 9.17) is 0 Å². The maximum atomic E-state index is 2.30. The average Bonchev–Trinajstić information content (AvgIpc) is 2.51. The van der Waals surface area contributed by atoms with Crippen molar-refractivity contribution in [1.82, 2.24) is 0 Å². The van der Waals surface area contributed by atoms with Crippen LogP contribution >= 0.6 is 0 Å². The summed E-state index contributed by atoms with van der Waals surface area (Å²) in [5.74, 6) is 0. The maximum Gasteiger partial charge on any atom is 0.0158 e.